The lowest BCUT2D eigenvalue weighted by Gasteiger charge is -2.29. The van der Waals surface area contributed by atoms with E-state index < -0.39 is 28.9 Å². The van der Waals surface area contributed by atoms with Gasteiger partial charge in [0.15, 0.2) is 0 Å². The predicted octanol–water partition coefficient (Wildman–Crippen LogP) is 3.81. The summed E-state index contributed by atoms with van der Waals surface area (Å²) in [5, 5.41) is 10.3. The van der Waals surface area contributed by atoms with Gasteiger partial charge in [-0.2, -0.15) is 0 Å². The normalized spacial score (nSPS) is 18.3. The van der Waals surface area contributed by atoms with Crippen molar-refractivity contribution in [3.63, 3.8) is 0 Å². The van der Waals surface area contributed by atoms with Crippen LogP contribution in [0.4, 0.5) is 0 Å². The van der Waals surface area contributed by atoms with Crippen molar-refractivity contribution in [1.82, 2.24) is 9.13 Å². The first-order valence-corrected chi connectivity index (χ1v) is 13.4. The van der Waals surface area contributed by atoms with E-state index in [1.54, 1.807) is 14.0 Å². The smallest absolute Gasteiger partial charge is 0.333 e. The summed E-state index contributed by atoms with van der Waals surface area (Å²) in [7, 11) is 1.58. The number of aromatic nitrogens is 2. The molecule has 2 aliphatic rings. The summed E-state index contributed by atoms with van der Waals surface area (Å²) in [6.07, 6.45) is 1.28. The van der Waals surface area contributed by atoms with Gasteiger partial charge < -0.3 is 19.3 Å². The predicted molar refractivity (Wildman–Crippen MR) is 138 cm³/mol. The first-order chi connectivity index (χ1) is 17.3. The third-order valence-corrected chi connectivity index (χ3v) is 9.25. The molecule has 1 aliphatic heterocycles. The highest BCUT2D eigenvalue weighted by atomic mass is 79.9. The number of carboxylic acids is 1. The summed E-state index contributed by atoms with van der Waals surface area (Å²) in [5.41, 5.74) is -1.26. The highest BCUT2D eigenvalue weighted by molar-refractivity contribution is 9.11. The fraction of sp³-hybridized carbons (Fsp3) is 0.480. The summed E-state index contributed by atoms with van der Waals surface area (Å²) in [6.45, 7) is 3.07. The van der Waals surface area contributed by atoms with Gasteiger partial charge in [0.2, 0.25) is 0 Å². The first-order valence-electron chi connectivity index (χ1n) is 11.8. The van der Waals surface area contributed by atoms with Crippen LogP contribution >= 0.6 is 27.3 Å². The van der Waals surface area contributed by atoms with E-state index in [2.05, 4.69) is 15.9 Å². The van der Waals surface area contributed by atoms with Crippen LogP contribution in [0.15, 0.2) is 37.6 Å². The number of ether oxygens (including phenoxy) is 3. The van der Waals surface area contributed by atoms with Crippen molar-refractivity contribution in [2.75, 3.05) is 20.3 Å². The topological polar surface area (TPSA) is 109 Å². The maximum atomic E-state index is 13.9. The van der Waals surface area contributed by atoms with Gasteiger partial charge in [0.25, 0.3) is 5.56 Å². The van der Waals surface area contributed by atoms with Gasteiger partial charge in [-0.05, 0) is 60.2 Å². The SMILES string of the molecule is COc1ccccc1[C@H](Cn1c(=O)n(C2(C(=O)O)CC2)c(=O)c2c(C)c(Br)sc21)OC1CCOCC1. The second-order valence-corrected chi connectivity index (χ2v) is 11.5. The molecule has 1 aliphatic carbocycles. The van der Waals surface area contributed by atoms with E-state index in [1.807, 2.05) is 24.3 Å². The molecule has 3 aromatic rings. The molecule has 11 heteroatoms. The van der Waals surface area contributed by atoms with E-state index >= 15 is 0 Å². The van der Waals surface area contributed by atoms with Crippen LogP contribution < -0.4 is 16.0 Å². The van der Waals surface area contributed by atoms with E-state index in [1.165, 1.54) is 15.9 Å². The Balaban J connectivity index is 1.69. The van der Waals surface area contributed by atoms with Crippen LogP contribution in [0.1, 0.15) is 42.9 Å². The molecule has 5 rings (SSSR count). The Morgan fingerprint density at radius 3 is 2.61 bits per heavy atom. The average Bonchev–Trinajstić information content (AvgIpc) is 3.62. The highest BCUT2D eigenvalue weighted by Crippen LogP contribution is 2.43. The van der Waals surface area contributed by atoms with Crippen molar-refractivity contribution in [2.45, 2.75) is 56.9 Å². The zero-order valence-electron chi connectivity index (χ0n) is 20.0. The Bertz CT molecular complexity index is 1430. The lowest BCUT2D eigenvalue weighted by Crippen LogP contribution is -2.49. The Morgan fingerprint density at radius 2 is 1.97 bits per heavy atom. The molecule has 1 aromatic carbocycles. The van der Waals surface area contributed by atoms with Crippen LogP contribution in [-0.4, -0.2) is 46.6 Å². The van der Waals surface area contributed by atoms with Crippen LogP contribution in [0, 0.1) is 6.92 Å². The van der Waals surface area contributed by atoms with Gasteiger partial charge in [-0.25, -0.2) is 14.2 Å². The second kappa shape index (κ2) is 9.77. The zero-order valence-corrected chi connectivity index (χ0v) is 22.4. The molecule has 2 fully saturated rings. The molecule has 1 saturated heterocycles. The number of aryl methyl sites for hydroxylation is 1. The summed E-state index contributed by atoms with van der Waals surface area (Å²) in [6, 6.07) is 7.48. The molecule has 1 N–H and O–H groups in total. The molecule has 0 amide bonds. The number of carboxylic acid groups (broad SMARTS) is 1. The molecule has 0 unspecified atom stereocenters. The van der Waals surface area contributed by atoms with Gasteiger partial charge in [0, 0.05) is 18.8 Å². The monoisotopic (exact) mass is 578 g/mol. The van der Waals surface area contributed by atoms with Gasteiger partial charge in [-0.1, -0.05) is 18.2 Å². The van der Waals surface area contributed by atoms with Gasteiger partial charge in [0.05, 0.1) is 28.9 Å². The third-order valence-electron chi connectivity index (χ3n) is 7.06. The number of para-hydroxylation sites is 1. The van der Waals surface area contributed by atoms with E-state index in [0.29, 0.717) is 34.7 Å². The molecule has 9 nitrogen and oxygen atoms in total. The van der Waals surface area contributed by atoms with E-state index in [-0.39, 0.29) is 25.5 Å². The number of nitrogens with zero attached hydrogens (tertiary/aromatic N) is 2. The lowest BCUT2D eigenvalue weighted by atomic mass is 10.1. The van der Waals surface area contributed by atoms with Gasteiger partial charge in [0.1, 0.15) is 22.2 Å². The molecule has 192 valence electrons. The maximum Gasteiger partial charge on any atom is 0.333 e. The van der Waals surface area contributed by atoms with Gasteiger partial charge in [-0.15, -0.1) is 11.3 Å². The van der Waals surface area contributed by atoms with Crippen LogP contribution in [0.3, 0.4) is 0 Å². The fourth-order valence-corrected chi connectivity index (χ4v) is 6.55. The van der Waals surface area contributed by atoms with E-state index in [0.717, 1.165) is 26.8 Å². The number of hydrogen-bond donors (Lipinski definition) is 1. The Labute approximate surface area is 219 Å². The highest BCUT2D eigenvalue weighted by Gasteiger charge is 2.55. The van der Waals surface area contributed by atoms with Crippen LogP contribution in [0.2, 0.25) is 0 Å². The van der Waals surface area contributed by atoms with Gasteiger partial charge >= 0.3 is 11.7 Å². The number of methoxy groups -OCH3 is 1. The first kappa shape index (κ1) is 25.2. The van der Waals surface area contributed by atoms with Gasteiger partial charge in [-0.3, -0.25) is 9.36 Å². The van der Waals surface area contributed by atoms with E-state index in [9.17, 15) is 19.5 Å². The van der Waals surface area contributed by atoms with Crippen molar-refractivity contribution >= 4 is 43.5 Å². The summed E-state index contributed by atoms with van der Waals surface area (Å²) in [4.78, 5) is 40.0. The maximum absolute atomic E-state index is 13.9. The number of benzene rings is 1. The lowest BCUT2D eigenvalue weighted by molar-refractivity contribution is -0.142. The third kappa shape index (κ3) is 4.21. The minimum absolute atomic E-state index is 0.0728. The molecule has 2 aromatic heterocycles. The molecule has 0 radical (unpaired) electrons. The molecule has 0 spiro atoms. The number of rotatable bonds is 8. The number of carbonyl (C=O) groups is 1. The van der Waals surface area contributed by atoms with Crippen LogP contribution in [0.25, 0.3) is 10.2 Å². The number of hydrogen-bond acceptors (Lipinski definition) is 7. The summed E-state index contributed by atoms with van der Waals surface area (Å²) in [5.74, 6) is -0.542. The van der Waals surface area contributed by atoms with Crippen LogP contribution in [-0.2, 0) is 26.4 Å². The van der Waals surface area contributed by atoms with Crippen LogP contribution in [0.5, 0.6) is 5.75 Å². The molecule has 3 heterocycles. The number of thiophene rings is 1. The summed E-state index contributed by atoms with van der Waals surface area (Å²) >= 11 is 4.80. The van der Waals surface area contributed by atoms with Crippen molar-refractivity contribution in [3.05, 3.63) is 60.0 Å². The number of aliphatic carboxylic acids is 1. The molecule has 1 saturated carbocycles. The fourth-order valence-electron chi connectivity index (χ4n) is 4.87. The average molecular weight is 579 g/mol. The Kier molecular flexibility index (Phi) is 6.84. The Morgan fingerprint density at radius 1 is 1.28 bits per heavy atom. The number of fused-ring (bicyclic) bond motifs is 1. The van der Waals surface area contributed by atoms with Crippen molar-refractivity contribution < 1.29 is 24.1 Å². The van der Waals surface area contributed by atoms with Crippen molar-refractivity contribution in [1.29, 1.82) is 0 Å². The minimum atomic E-state index is -1.51. The standard InChI is InChI=1S/C25H27BrN2O7S/c1-14-19-21(29)28(25(9-10-25)23(30)31)24(32)27(22(19)36-20(14)26)13-18(35-15-7-11-34-12-8-15)16-5-3-4-6-17(16)33-2/h3-6,15,18H,7-13H2,1-2H3,(H,30,31)/t18-/m0/s1. The quantitative estimate of drug-likeness (QED) is 0.432. The van der Waals surface area contributed by atoms with Crippen molar-refractivity contribution in [3.8, 4) is 5.75 Å². The Hall–Kier alpha value is -2.47. The molecule has 0 bridgehead atoms. The largest absolute Gasteiger partial charge is 0.496 e. The molecule has 36 heavy (non-hydrogen) atoms. The molecular weight excluding hydrogens is 552 g/mol. The van der Waals surface area contributed by atoms with E-state index in [4.69, 9.17) is 14.2 Å². The zero-order chi connectivity index (χ0) is 25.6. The molecular formula is C25H27BrN2O7S. The van der Waals surface area contributed by atoms with Crippen molar-refractivity contribution in [2.24, 2.45) is 0 Å². The second-order valence-electron chi connectivity index (χ2n) is 9.23. The molecule has 1 atom stereocenters. The minimum Gasteiger partial charge on any atom is -0.496 e. The summed E-state index contributed by atoms with van der Waals surface area (Å²) < 4.78 is 20.8. The number of halogens is 1.